The van der Waals surface area contributed by atoms with Crippen LogP contribution in [-0.4, -0.2) is 18.2 Å². The number of nitrogens with one attached hydrogen (secondary N) is 1. The summed E-state index contributed by atoms with van der Waals surface area (Å²) in [4.78, 5) is 14.9. The van der Waals surface area contributed by atoms with Crippen LogP contribution in [-0.2, 0) is 14.4 Å². The average molecular weight is 176 g/mol. The van der Waals surface area contributed by atoms with E-state index in [0.29, 0.717) is 6.61 Å². The minimum Gasteiger partial charge on any atom is -0.375 e. The van der Waals surface area contributed by atoms with Crippen LogP contribution in [0, 0.1) is 0 Å². The van der Waals surface area contributed by atoms with E-state index in [1.54, 1.807) is 0 Å². The number of ether oxygens (including phenoxy) is 1. The van der Waals surface area contributed by atoms with Crippen LogP contribution in [0.15, 0.2) is 0 Å². The molecule has 72 valence electrons. The lowest BCUT2D eigenvalue weighted by Gasteiger charge is -2.18. The number of rotatable bonds is 4. The monoisotopic (exact) mass is 176 g/mol. The number of nitrogens with two attached hydrogens (primary N) is 1. The Bertz CT molecular complexity index is 142. The summed E-state index contributed by atoms with van der Waals surface area (Å²) in [5.74, 6) is 4.32. The van der Waals surface area contributed by atoms with Crippen molar-refractivity contribution >= 4 is 5.97 Å². The highest BCUT2D eigenvalue weighted by Gasteiger charge is 2.11. The van der Waals surface area contributed by atoms with Crippen LogP contribution in [0.4, 0.5) is 0 Å². The van der Waals surface area contributed by atoms with E-state index in [2.05, 4.69) is 4.84 Å². The summed E-state index contributed by atoms with van der Waals surface area (Å²) >= 11 is 0. The lowest BCUT2D eigenvalue weighted by Crippen LogP contribution is -2.28. The zero-order chi connectivity index (χ0) is 9.61. The maximum atomic E-state index is 10.7. The van der Waals surface area contributed by atoms with Crippen LogP contribution in [0.3, 0.4) is 0 Å². The lowest BCUT2D eigenvalue weighted by atomic mass is 10.2. The first kappa shape index (κ1) is 11.4. The van der Waals surface area contributed by atoms with E-state index in [1.807, 2.05) is 26.4 Å². The average Bonchev–Trinajstić information content (AvgIpc) is 1.84. The van der Waals surface area contributed by atoms with E-state index in [9.17, 15) is 4.79 Å². The summed E-state index contributed by atoms with van der Waals surface area (Å²) in [6.45, 7) is 6.09. The van der Waals surface area contributed by atoms with Gasteiger partial charge in [0.15, 0.2) is 0 Å². The molecule has 0 aliphatic heterocycles. The van der Waals surface area contributed by atoms with Gasteiger partial charge < -0.3 is 9.57 Å². The molecule has 0 saturated carbocycles. The standard InChI is InChI=1S/C7H16N2O3/c1-7(2,3)11-5-4-6(10)12-9-8/h9H,4-5,8H2,1-3H3. The van der Waals surface area contributed by atoms with Gasteiger partial charge in [-0.3, -0.25) is 4.79 Å². The molecule has 5 heteroatoms. The van der Waals surface area contributed by atoms with E-state index in [-0.39, 0.29) is 12.0 Å². The molecule has 5 nitrogen and oxygen atoms in total. The van der Waals surface area contributed by atoms with Crippen LogP contribution in [0.1, 0.15) is 27.2 Å². The summed E-state index contributed by atoms with van der Waals surface area (Å²) in [6.07, 6.45) is 0.196. The molecular formula is C7H16N2O3. The van der Waals surface area contributed by atoms with Crippen molar-refractivity contribution in [2.24, 2.45) is 5.84 Å². The summed E-state index contributed by atoms with van der Waals surface area (Å²) < 4.78 is 5.28. The van der Waals surface area contributed by atoms with Gasteiger partial charge in [-0.1, -0.05) is 5.59 Å². The summed E-state index contributed by atoms with van der Waals surface area (Å²) in [6, 6.07) is 0. The van der Waals surface area contributed by atoms with Gasteiger partial charge in [-0.05, 0) is 20.8 Å². The van der Waals surface area contributed by atoms with E-state index < -0.39 is 5.97 Å². The van der Waals surface area contributed by atoms with Gasteiger partial charge in [0.2, 0.25) is 0 Å². The minimum absolute atomic E-state index is 0.196. The SMILES string of the molecule is CC(C)(C)OCCC(=O)ONN. The second-order valence-corrected chi connectivity index (χ2v) is 3.30. The Morgan fingerprint density at radius 2 is 2.08 bits per heavy atom. The maximum Gasteiger partial charge on any atom is 0.328 e. The van der Waals surface area contributed by atoms with Crippen molar-refractivity contribution in [3.8, 4) is 0 Å². The van der Waals surface area contributed by atoms with E-state index in [1.165, 1.54) is 0 Å². The zero-order valence-electron chi connectivity index (χ0n) is 7.72. The lowest BCUT2D eigenvalue weighted by molar-refractivity contribution is -0.153. The third-order valence-corrected chi connectivity index (χ3v) is 1.01. The van der Waals surface area contributed by atoms with Gasteiger partial charge in [0.1, 0.15) is 0 Å². The Morgan fingerprint density at radius 1 is 1.50 bits per heavy atom. The third-order valence-electron chi connectivity index (χ3n) is 1.01. The van der Waals surface area contributed by atoms with Crippen LogP contribution in [0.5, 0.6) is 0 Å². The molecule has 0 aromatic rings. The molecule has 0 aliphatic rings. The van der Waals surface area contributed by atoms with Crippen molar-refractivity contribution < 1.29 is 14.4 Å². The molecule has 0 unspecified atom stereocenters. The predicted octanol–water partition coefficient (Wildman–Crippen LogP) is 0.113. The summed E-state index contributed by atoms with van der Waals surface area (Å²) in [5.41, 5.74) is 1.58. The summed E-state index contributed by atoms with van der Waals surface area (Å²) in [5, 5.41) is 0. The normalized spacial score (nSPS) is 11.3. The number of hydrogen-bond donors (Lipinski definition) is 2. The Morgan fingerprint density at radius 3 is 2.50 bits per heavy atom. The fourth-order valence-corrected chi connectivity index (χ4v) is 0.557. The maximum absolute atomic E-state index is 10.7. The largest absolute Gasteiger partial charge is 0.375 e. The Kier molecular flexibility index (Phi) is 4.80. The second-order valence-electron chi connectivity index (χ2n) is 3.30. The molecule has 0 atom stereocenters. The predicted molar refractivity (Wildman–Crippen MR) is 43.7 cm³/mol. The number of hydrazine groups is 1. The van der Waals surface area contributed by atoms with Crippen LogP contribution >= 0.6 is 0 Å². The van der Waals surface area contributed by atoms with Crippen molar-refractivity contribution in [2.75, 3.05) is 6.61 Å². The molecule has 0 aromatic heterocycles. The number of carbonyl (C=O) groups excluding carboxylic acids is 1. The quantitative estimate of drug-likeness (QED) is 0.470. The first-order valence-corrected chi connectivity index (χ1v) is 3.75. The van der Waals surface area contributed by atoms with Gasteiger partial charge in [0.25, 0.3) is 0 Å². The molecule has 0 spiro atoms. The van der Waals surface area contributed by atoms with Gasteiger partial charge in [0.05, 0.1) is 18.6 Å². The van der Waals surface area contributed by atoms with Gasteiger partial charge >= 0.3 is 5.97 Å². The molecular weight excluding hydrogens is 160 g/mol. The molecule has 3 N–H and O–H groups in total. The first-order chi connectivity index (χ1) is 5.45. The van der Waals surface area contributed by atoms with Gasteiger partial charge in [-0.15, -0.1) is 0 Å². The molecule has 0 rings (SSSR count). The Hall–Kier alpha value is -0.650. The molecule has 0 amide bonds. The second kappa shape index (κ2) is 5.08. The van der Waals surface area contributed by atoms with Crippen LogP contribution < -0.4 is 11.4 Å². The van der Waals surface area contributed by atoms with Crippen molar-refractivity contribution in [2.45, 2.75) is 32.8 Å². The zero-order valence-corrected chi connectivity index (χ0v) is 7.72. The van der Waals surface area contributed by atoms with Crippen molar-refractivity contribution in [3.63, 3.8) is 0 Å². The van der Waals surface area contributed by atoms with Gasteiger partial charge in [-0.25, -0.2) is 5.84 Å². The number of carbonyl (C=O) groups is 1. The van der Waals surface area contributed by atoms with E-state index in [4.69, 9.17) is 10.6 Å². The van der Waals surface area contributed by atoms with E-state index >= 15 is 0 Å². The van der Waals surface area contributed by atoms with Crippen LogP contribution in [0.2, 0.25) is 0 Å². The van der Waals surface area contributed by atoms with Crippen molar-refractivity contribution in [3.05, 3.63) is 0 Å². The van der Waals surface area contributed by atoms with E-state index in [0.717, 1.165) is 0 Å². The molecule has 0 aliphatic carbocycles. The molecule has 0 heterocycles. The molecule has 0 radical (unpaired) electrons. The third kappa shape index (κ3) is 7.46. The molecule has 12 heavy (non-hydrogen) atoms. The van der Waals surface area contributed by atoms with Gasteiger partial charge in [-0.2, -0.15) is 0 Å². The topological polar surface area (TPSA) is 73.6 Å². The highest BCUT2D eigenvalue weighted by atomic mass is 16.7. The first-order valence-electron chi connectivity index (χ1n) is 3.75. The molecule has 0 fully saturated rings. The Balaban J connectivity index is 3.37. The Labute approximate surface area is 72.1 Å². The molecule has 0 saturated heterocycles. The molecule has 0 aromatic carbocycles. The highest BCUT2D eigenvalue weighted by molar-refractivity contribution is 5.69. The fourth-order valence-electron chi connectivity index (χ4n) is 0.557. The summed E-state index contributed by atoms with van der Waals surface area (Å²) in [7, 11) is 0. The smallest absolute Gasteiger partial charge is 0.328 e. The fraction of sp³-hybridized carbons (Fsp3) is 0.857. The number of hydrogen-bond acceptors (Lipinski definition) is 5. The van der Waals surface area contributed by atoms with Crippen LogP contribution in [0.25, 0.3) is 0 Å². The minimum atomic E-state index is -0.429. The van der Waals surface area contributed by atoms with Gasteiger partial charge in [0, 0.05) is 0 Å². The van der Waals surface area contributed by atoms with Crippen molar-refractivity contribution in [1.82, 2.24) is 5.59 Å². The molecule has 0 bridgehead atoms. The highest BCUT2D eigenvalue weighted by Crippen LogP contribution is 2.06. The van der Waals surface area contributed by atoms with Crippen molar-refractivity contribution in [1.29, 1.82) is 0 Å².